The molecule has 2 heterocycles. The van der Waals surface area contributed by atoms with Gasteiger partial charge in [-0.05, 0) is 48.4 Å². The van der Waals surface area contributed by atoms with E-state index in [1.807, 2.05) is 54.6 Å². The minimum Gasteiger partial charge on any atom is -0.405 e. The molecule has 1 aliphatic heterocycles. The molecule has 2 aromatic carbocycles. The van der Waals surface area contributed by atoms with Crippen LogP contribution in [0.4, 0.5) is 6.01 Å². The zero-order chi connectivity index (χ0) is 20.9. The molecule has 0 saturated carbocycles. The van der Waals surface area contributed by atoms with E-state index in [4.69, 9.17) is 4.42 Å². The van der Waals surface area contributed by atoms with Crippen LogP contribution in [-0.2, 0) is 0 Å². The van der Waals surface area contributed by atoms with Gasteiger partial charge in [-0.2, -0.15) is 0 Å². The topological polar surface area (TPSA) is 71.3 Å². The third-order valence-corrected chi connectivity index (χ3v) is 5.55. The molecule has 0 radical (unpaired) electrons. The molecule has 30 heavy (non-hydrogen) atoms. The molecule has 3 aromatic rings. The van der Waals surface area contributed by atoms with Crippen molar-refractivity contribution in [2.45, 2.75) is 45.1 Å². The lowest BCUT2D eigenvalue weighted by Crippen LogP contribution is -2.30. The fourth-order valence-electron chi connectivity index (χ4n) is 3.72. The van der Waals surface area contributed by atoms with E-state index < -0.39 is 6.04 Å². The first-order valence-electron chi connectivity index (χ1n) is 10.7. The van der Waals surface area contributed by atoms with E-state index in [-0.39, 0.29) is 5.91 Å². The lowest BCUT2D eigenvalue weighted by molar-refractivity contribution is 0.0938. The lowest BCUT2D eigenvalue weighted by atomic mass is 10.0. The van der Waals surface area contributed by atoms with Crippen LogP contribution in [0.2, 0.25) is 0 Å². The summed E-state index contributed by atoms with van der Waals surface area (Å²) in [5.41, 5.74) is 2.71. The highest BCUT2D eigenvalue weighted by Gasteiger charge is 2.25. The molecule has 0 bridgehead atoms. The van der Waals surface area contributed by atoms with Crippen molar-refractivity contribution in [1.82, 2.24) is 15.5 Å². The summed E-state index contributed by atoms with van der Waals surface area (Å²) in [7, 11) is 0. The van der Waals surface area contributed by atoms with Gasteiger partial charge in [0.25, 0.3) is 5.91 Å². The van der Waals surface area contributed by atoms with Crippen molar-refractivity contribution < 1.29 is 9.21 Å². The van der Waals surface area contributed by atoms with Crippen LogP contribution >= 0.6 is 0 Å². The Morgan fingerprint density at radius 2 is 1.63 bits per heavy atom. The minimum absolute atomic E-state index is 0.170. The highest BCUT2D eigenvalue weighted by Crippen LogP contribution is 2.26. The number of nitrogens with zero attached hydrogens (tertiary/aromatic N) is 3. The van der Waals surface area contributed by atoms with Crippen molar-refractivity contribution in [1.29, 1.82) is 0 Å². The lowest BCUT2D eigenvalue weighted by Gasteiger charge is -2.24. The molecule has 0 aliphatic carbocycles. The SMILES string of the molecule is CC(C)c1ccc(C(=O)N[C@H](c2ccccc2)c2nnc(N3CCCCC3)o2)cc1. The molecular weight excluding hydrogens is 376 g/mol. The Morgan fingerprint density at radius 1 is 0.933 bits per heavy atom. The number of hydrogen-bond acceptors (Lipinski definition) is 5. The molecule has 1 saturated heterocycles. The van der Waals surface area contributed by atoms with E-state index in [1.54, 1.807) is 0 Å². The standard InChI is InChI=1S/C24H28N4O2/c1-17(2)18-11-13-20(14-12-18)22(29)25-21(19-9-5-3-6-10-19)23-26-27-24(30-23)28-15-7-4-8-16-28/h3,5-6,9-14,17,21H,4,7-8,15-16H2,1-2H3,(H,25,29)/t21-/m1/s1. The van der Waals surface area contributed by atoms with Crippen molar-refractivity contribution in [2.24, 2.45) is 0 Å². The fraction of sp³-hybridized carbons (Fsp3) is 0.375. The monoisotopic (exact) mass is 404 g/mol. The zero-order valence-corrected chi connectivity index (χ0v) is 17.5. The van der Waals surface area contributed by atoms with E-state index in [1.165, 1.54) is 12.0 Å². The minimum atomic E-state index is -0.505. The van der Waals surface area contributed by atoms with Crippen LogP contribution < -0.4 is 10.2 Å². The van der Waals surface area contributed by atoms with E-state index in [2.05, 4.69) is 34.3 Å². The van der Waals surface area contributed by atoms with Gasteiger partial charge in [0, 0.05) is 18.7 Å². The van der Waals surface area contributed by atoms with Gasteiger partial charge in [0.05, 0.1) is 0 Å². The van der Waals surface area contributed by atoms with Gasteiger partial charge in [-0.3, -0.25) is 4.79 Å². The quantitative estimate of drug-likeness (QED) is 0.645. The molecule has 1 fully saturated rings. The third-order valence-electron chi connectivity index (χ3n) is 5.55. The Hall–Kier alpha value is -3.15. The fourth-order valence-corrected chi connectivity index (χ4v) is 3.72. The Balaban J connectivity index is 1.58. The third kappa shape index (κ3) is 4.53. The molecule has 6 nitrogen and oxygen atoms in total. The number of amides is 1. The number of piperidine rings is 1. The van der Waals surface area contributed by atoms with Gasteiger partial charge in [-0.25, -0.2) is 0 Å². The summed E-state index contributed by atoms with van der Waals surface area (Å²) in [6.07, 6.45) is 3.49. The van der Waals surface area contributed by atoms with Crippen molar-refractivity contribution >= 4 is 11.9 Å². The summed E-state index contributed by atoms with van der Waals surface area (Å²) >= 11 is 0. The Labute approximate surface area is 177 Å². The van der Waals surface area contributed by atoms with Crippen molar-refractivity contribution in [3.63, 3.8) is 0 Å². The number of anilines is 1. The maximum Gasteiger partial charge on any atom is 0.318 e. The average Bonchev–Trinajstić information content (AvgIpc) is 3.28. The second-order valence-electron chi connectivity index (χ2n) is 8.06. The summed E-state index contributed by atoms with van der Waals surface area (Å²) in [5.74, 6) is 0.650. The first-order chi connectivity index (χ1) is 14.6. The summed E-state index contributed by atoms with van der Waals surface area (Å²) in [6.45, 7) is 6.12. The molecular formula is C24H28N4O2. The molecule has 0 unspecified atom stereocenters. The first-order valence-corrected chi connectivity index (χ1v) is 10.7. The van der Waals surface area contributed by atoms with Gasteiger partial charge < -0.3 is 14.6 Å². The highest BCUT2D eigenvalue weighted by atomic mass is 16.4. The van der Waals surface area contributed by atoms with Gasteiger partial charge in [0.15, 0.2) is 0 Å². The van der Waals surface area contributed by atoms with E-state index in [0.29, 0.717) is 23.4 Å². The van der Waals surface area contributed by atoms with E-state index in [0.717, 1.165) is 31.5 Å². The Bertz CT molecular complexity index is 960. The molecule has 1 amide bonds. The number of rotatable bonds is 6. The van der Waals surface area contributed by atoms with Gasteiger partial charge in [0.1, 0.15) is 6.04 Å². The molecule has 6 heteroatoms. The van der Waals surface area contributed by atoms with Crippen LogP contribution in [0.3, 0.4) is 0 Å². The highest BCUT2D eigenvalue weighted by molar-refractivity contribution is 5.94. The predicted octanol–water partition coefficient (Wildman–Crippen LogP) is 4.70. The predicted molar refractivity (Wildman–Crippen MR) is 117 cm³/mol. The van der Waals surface area contributed by atoms with Crippen molar-refractivity contribution in [2.75, 3.05) is 18.0 Å². The first kappa shape index (κ1) is 20.1. The zero-order valence-electron chi connectivity index (χ0n) is 17.5. The smallest absolute Gasteiger partial charge is 0.318 e. The number of carbonyl (C=O) groups excluding carboxylic acids is 1. The van der Waals surface area contributed by atoms with Gasteiger partial charge in [0.2, 0.25) is 5.89 Å². The number of benzene rings is 2. The Morgan fingerprint density at radius 3 is 2.30 bits per heavy atom. The molecule has 156 valence electrons. The number of hydrogen-bond donors (Lipinski definition) is 1. The molecule has 0 spiro atoms. The summed E-state index contributed by atoms with van der Waals surface area (Å²) in [5, 5.41) is 11.6. The van der Waals surface area contributed by atoms with Gasteiger partial charge in [-0.15, -0.1) is 5.10 Å². The summed E-state index contributed by atoms with van der Waals surface area (Å²) in [4.78, 5) is 15.1. The van der Waals surface area contributed by atoms with Gasteiger partial charge in [-0.1, -0.05) is 61.4 Å². The van der Waals surface area contributed by atoms with Crippen molar-refractivity contribution in [3.8, 4) is 0 Å². The summed E-state index contributed by atoms with van der Waals surface area (Å²) < 4.78 is 6.02. The molecule has 1 aliphatic rings. The molecule has 1 atom stereocenters. The largest absolute Gasteiger partial charge is 0.405 e. The molecule has 4 rings (SSSR count). The van der Waals surface area contributed by atoms with Crippen LogP contribution in [0.1, 0.15) is 72.4 Å². The van der Waals surface area contributed by atoms with Crippen LogP contribution in [0, 0.1) is 0 Å². The second-order valence-corrected chi connectivity index (χ2v) is 8.06. The average molecular weight is 405 g/mol. The van der Waals surface area contributed by atoms with Crippen LogP contribution in [0.15, 0.2) is 59.0 Å². The van der Waals surface area contributed by atoms with Crippen LogP contribution in [-0.4, -0.2) is 29.2 Å². The number of carbonyl (C=O) groups is 1. The number of aromatic nitrogens is 2. The maximum absolute atomic E-state index is 13.0. The van der Waals surface area contributed by atoms with Crippen LogP contribution in [0.5, 0.6) is 0 Å². The normalized spacial score (nSPS) is 15.2. The molecule has 1 aromatic heterocycles. The van der Waals surface area contributed by atoms with Crippen molar-refractivity contribution in [3.05, 3.63) is 77.2 Å². The van der Waals surface area contributed by atoms with Crippen LogP contribution in [0.25, 0.3) is 0 Å². The van der Waals surface area contributed by atoms with E-state index in [9.17, 15) is 4.79 Å². The maximum atomic E-state index is 13.0. The Kier molecular flexibility index (Phi) is 6.12. The molecule has 1 N–H and O–H groups in total. The van der Waals surface area contributed by atoms with E-state index >= 15 is 0 Å². The second kappa shape index (κ2) is 9.11. The number of nitrogens with one attached hydrogen (secondary N) is 1. The summed E-state index contributed by atoms with van der Waals surface area (Å²) in [6, 6.07) is 17.5. The van der Waals surface area contributed by atoms with Gasteiger partial charge >= 0.3 is 6.01 Å².